The number of methoxy groups -OCH3 is 1. The van der Waals surface area contributed by atoms with E-state index in [4.69, 9.17) is 25.8 Å². The molecule has 25 heavy (non-hydrogen) atoms. The first-order valence-electron chi connectivity index (χ1n) is 7.24. The van der Waals surface area contributed by atoms with Crippen LogP contribution >= 0.6 is 23.4 Å². The molecular weight excluding hydrogens is 370 g/mol. The largest absolute Gasteiger partial charge is 0.493 e. The number of amides is 2. The molecule has 0 aromatic heterocycles. The number of imide groups is 1. The molecule has 0 unspecified atom stereocenters. The summed E-state index contributed by atoms with van der Waals surface area (Å²) in [7, 11) is 2.84. The molecule has 1 heterocycles. The maximum Gasteiger partial charge on any atom is 0.344 e. The number of thioether (sulfide) groups is 1. The van der Waals surface area contributed by atoms with Crippen molar-refractivity contribution in [2.24, 2.45) is 0 Å². The molecule has 0 atom stereocenters. The van der Waals surface area contributed by atoms with Gasteiger partial charge in [-0.3, -0.25) is 14.5 Å². The summed E-state index contributed by atoms with van der Waals surface area (Å²) < 4.78 is 15.4. The minimum absolute atomic E-state index is 0.193. The number of hydrogen-bond donors (Lipinski definition) is 0. The number of benzene rings is 1. The van der Waals surface area contributed by atoms with E-state index in [1.54, 1.807) is 19.1 Å². The first kappa shape index (κ1) is 19.1. The third-order valence-electron chi connectivity index (χ3n) is 3.18. The lowest BCUT2D eigenvalue weighted by atomic mass is 10.2. The molecule has 0 spiro atoms. The Morgan fingerprint density at radius 1 is 1.36 bits per heavy atom. The minimum atomic E-state index is -0.527. The van der Waals surface area contributed by atoms with Crippen molar-refractivity contribution in [3.8, 4) is 11.5 Å². The number of halogens is 1. The van der Waals surface area contributed by atoms with Gasteiger partial charge in [-0.2, -0.15) is 0 Å². The molecule has 0 radical (unpaired) electrons. The zero-order valence-corrected chi connectivity index (χ0v) is 15.4. The Kier molecular flexibility index (Phi) is 6.33. The van der Waals surface area contributed by atoms with Crippen LogP contribution in [0.25, 0.3) is 6.08 Å². The first-order valence-corrected chi connectivity index (χ1v) is 8.44. The zero-order chi connectivity index (χ0) is 18.6. The van der Waals surface area contributed by atoms with Gasteiger partial charge in [0.05, 0.1) is 23.6 Å². The lowest BCUT2D eigenvalue weighted by molar-refractivity contribution is -0.145. The van der Waals surface area contributed by atoms with E-state index in [0.717, 1.165) is 16.7 Å². The van der Waals surface area contributed by atoms with E-state index in [1.807, 2.05) is 0 Å². The summed E-state index contributed by atoms with van der Waals surface area (Å²) in [6, 6.07) is 3.14. The van der Waals surface area contributed by atoms with Crippen LogP contribution in [0.2, 0.25) is 5.02 Å². The predicted molar refractivity (Wildman–Crippen MR) is 93.9 cm³/mol. The summed E-state index contributed by atoms with van der Waals surface area (Å²) in [6.07, 6.45) is 1.54. The van der Waals surface area contributed by atoms with Crippen LogP contribution in [0.4, 0.5) is 4.79 Å². The molecular formula is C16H16ClNO6S. The van der Waals surface area contributed by atoms with Crippen molar-refractivity contribution < 1.29 is 28.6 Å². The highest BCUT2D eigenvalue weighted by atomic mass is 35.5. The normalized spacial score (nSPS) is 15.7. The van der Waals surface area contributed by atoms with E-state index in [9.17, 15) is 14.4 Å². The summed E-state index contributed by atoms with van der Waals surface area (Å²) in [5.41, 5.74) is 0.560. The van der Waals surface area contributed by atoms with E-state index in [1.165, 1.54) is 20.2 Å². The number of rotatable bonds is 6. The van der Waals surface area contributed by atoms with Crippen LogP contribution in [0.5, 0.6) is 11.5 Å². The molecule has 7 nitrogen and oxygen atoms in total. The number of nitrogens with zero attached hydrogens (tertiary/aromatic N) is 1. The number of carbonyl (C=O) groups is 3. The second-order valence-corrected chi connectivity index (χ2v) is 6.27. The molecule has 1 aliphatic rings. The van der Waals surface area contributed by atoms with Gasteiger partial charge >= 0.3 is 5.97 Å². The molecule has 0 saturated carbocycles. The minimum Gasteiger partial charge on any atom is -0.493 e. The number of carbonyl (C=O) groups excluding carboxylic acids is 3. The van der Waals surface area contributed by atoms with Gasteiger partial charge in [-0.1, -0.05) is 11.6 Å². The Morgan fingerprint density at radius 2 is 2.08 bits per heavy atom. The van der Waals surface area contributed by atoms with Crippen molar-refractivity contribution in [1.29, 1.82) is 0 Å². The van der Waals surface area contributed by atoms with Crippen LogP contribution in [0, 0.1) is 0 Å². The van der Waals surface area contributed by atoms with Crippen LogP contribution in [-0.4, -0.2) is 49.4 Å². The van der Waals surface area contributed by atoms with E-state index in [0.29, 0.717) is 11.3 Å². The SMILES string of the molecule is CCOC(=O)COc1c(Cl)cc(/C=C2\SC(=O)N(C)C2=O)cc1OC. The molecule has 1 aromatic carbocycles. The fraction of sp³-hybridized carbons (Fsp3) is 0.312. The highest BCUT2D eigenvalue weighted by molar-refractivity contribution is 8.18. The summed E-state index contributed by atoms with van der Waals surface area (Å²) in [4.78, 5) is 36.2. The standard InChI is InChI=1S/C16H16ClNO6S/c1-4-23-13(19)8-24-14-10(17)5-9(6-11(14)22-3)7-12-15(20)18(2)16(21)25-12/h5-7H,4,8H2,1-3H3/b12-7-. The van der Waals surface area contributed by atoms with Gasteiger partial charge in [-0.05, 0) is 42.5 Å². The quantitative estimate of drug-likeness (QED) is 0.550. The Morgan fingerprint density at radius 3 is 2.64 bits per heavy atom. The number of esters is 1. The second-order valence-electron chi connectivity index (χ2n) is 4.87. The molecule has 1 aromatic rings. The third kappa shape index (κ3) is 4.46. The van der Waals surface area contributed by atoms with Crippen molar-refractivity contribution in [1.82, 2.24) is 4.90 Å². The molecule has 9 heteroatoms. The number of ether oxygens (including phenoxy) is 3. The Labute approximate surface area is 153 Å². The van der Waals surface area contributed by atoms with E-state index in [-0.39, 0.29) is 40.0 Å². The Hall–Kier alpha value is -2.19. The molecule has 1 aliphatic heterocycles. The van der Waals surface area contributed by atoms with Crippen molar-refractivity contribution in [2.75, 3.05) is 27.4 Å². The van der Waals surface area contributed by atoms with Gasteiger partial charge in [0, 0.05) is 7.05 Å². The fourth-order valence-electron chi connectivity index (χ4n) is 1.99. The van der Waals surface area contributed by atoms with E-state index < -0.39 is 5.97 Å². The molecule has 0 N–H and O–H groups in total. The van der Waals surface area contributed by atoms with Crippen LogP contribution in [0.1, 0.15) is 12.5 Å². The summed E-state index contributed by atoms with van der Waals surface area (Å²) in [5.74, 6) is -0.425. The summed E-state index contributed by atoms with van der Waals surface area (Å²) in [6.45, 7) is 1.63. The smallest absolute Gasteiger partial charge is 0.344 e. The Balaban J connectivity index is 2.26. The first-order chi connectivity index (χ1) is 11.9. The van der Waals surface area contributed by atoms with Gasteiger partial charge in [-0.15, -0.1) is 0 Å². The van der Waals surface area contributed by atoms with Crippen molar-refractivity contribution in [2.45, 2.75) is 6.92 Å². The van der Waals surface area contributed by atoms with Gasteiger partial charge < -0.3 is 14.2 Å². The highest BCUT2D eigenvalue weighted by Crippen LogP contribution is 2.38. The molecule has 0 aliphatic carbocycles. The van der Waals surface area contributed by atoms with Crippen LogP contribution in [-0.2, 0) is 14.3 Å². The molecule has 2 amide bonds. The summed E-state index contributed by atoms with van der Waals surface area (Å²) in [5, 5.41) is -0.144. The topological polar surface area (TPSA) is 82.1 Å². The molecule has 134 valence electrons. The van der Waals surface area contributed by atoms with Gasteiger partial charge in [-0.25, -0.2) is 4.79 Å². The number of likely N-dealkylation sites (N-methyl/N-ethyl adjacent to an activating group) is 1. The van der Waals surface area contributed by atoms with Crippen LogP contribution < -0.4 is 9.47 Å². The van der Waals surface area contributed by atoms with E-state index >= 15 is 0 Å². The highest BCUT2D eigenvalue weighted by Gasteiger charge is 2.31. The second kappa shape index (κ2) is 8.26. The average molecular weight is 386 g/mol. The predicted octanol–water partition coefficient (Wildman–Crippen LogP) is 2.96. The third-order valence-corrected chi connectivity index (χ3v) is 4.42. The van der Waals surface area contributed by atoms with Crippen molar-refractivity contribution in [3.05, 3.63) is 27.6 Å². The zero-order valence-electron chi connectivity index (χ0n) is 13.8. The lowest BCUT2D eigenvalue weighted by Gasteiger charge is -2.13. The molecule has 1 fully saturated rings. The number of hydrogen-bond acceptors (Lipinski definition) is 7. The van der Waals surface area contributed by atoms with E-state index in [2.05, 4.69) is 0 Å². The average Bonchev–Trinajstić information content (AvgIpc) is 2.80. The molecule has 1 saturated heterocycles. The summed E-state index contributed by atoms with van der Waals surface area (Å²) >= 11 is 7.04. The molecule has 0 bridgehead atoms. The molecule has 2 rings (SSSR count). The van der Waals surface area contributed by atoms with Crippen molar-refractivity contribution >= 4 is 46.6 Å². The maximum absolute atomic E-state index is 11.9. The van der Waals surface area contributed by atoms with Gasteiger partial charge in [0.2, 0.25) is 0 Å². The fourth-order valence-corrected chi connectivity index (χ4v) is 3.09. The van der Waals surface area contributed by atoms with Gasteiger partial charge in [0.25, 0.3) is 11.1 Å². The van der Waals surface area contributed by atoms with Crippen molar-refractivity contribution in [3.63, 3.8) is 0 Å². The van der Waals surface area contributed by atoms with Gasteiger partial charge in [0.1, 0.15) is 0 Å². The van der Waals surface area contributed by atoms with Gasteiger partial charge in [0.15, 0.2) is 18.1 Å². The monoisotopic (exact) mass is 385 g/mol. The van der Waals surface area contributed by atoms with Crippen LogP contribution in [0.3, 0.4) is 0 Å². The van der Waals surface area contributed by atoms with Crippen LogP contribution in [0.15, 0.2) is 17.0 Å². The maximum atomic E-state index is 11.9. The lowest BCUT2D eigenvalue weighted by Crippen LogP contribution is -2.22. The Bertz CT molecular complexity index is 748.